The number of piperidine rings is 1. The van der Waals surface area contributed by atoms with Gasteiger partial charge in [0.25, 0.3) is 0 Å². The topological polar surface area (TPSA) is 70.7 Å². The molecule has 2 amide bonds. The molecule has 0 unspecified atom stereocenters. The van der Waals surface area contributed by atoms with E-state index in [1.807, 2.05) is 20.8 Å². The van der Waals surface area contributed by atoms with Gasteiger partial charge in [0.05, 0.1) is 5.54 Å². The maximum atomic E-state index is 12.2. The van der Waals surface area contributed by atoms with Crippen LogP contribution in [0.4, 0.5) is 4.79 Å². The molecule has 0 spiro atoms. The Morgan fingerprint density at radius 1 is 1.40 bits per heavy atom. The standard InChI is InChI=1S/C14H25N3O3/c1-10(18)16-14-5-6-15-7-11(14)8-17(9-14)12(19)20-13(2,3)4/h11,15H,5-9H2,1-4H3,(H,16,18)/t11-,14-/m1/s1. The van der Waals surface area contributed by atoms with Crippen LogP contribution in [0.5, 0.6) is 0 Å². The molecule has 0 aromatic heterocycles. The molecule has 114 valence electrons. The summed E-state index contributed by atoms with van der Waals surface area (Å²) >= 11 is 0. The minimum absolute atomic E-state index is 0.0389. The van der Waals surface area contributed by atoms with E-state index in [1.54, 1.807) is 4.90 Å². The number of rotatable bonds is 1. The monoisotopic (exact) mass is 283 g/mol. The zero-order valence-corrected chi connectivity index (χ0v) is 12.8. The normalized spacial score (nSPS) is 29.8. The van der Waals surface area contributed by atoms with Crippen LogP contribution in [0, 0.1) is 5.92 Å². The van der Waals surface area contributed by atoms with E-state index >= 15 is 0 Å². The SMILES string of the molecule is CC(=O)N[C@@]12CCNC[C@@H]1CN(C(=O)OC(C)(C)C)C2. The smallest absolute Gasteiger partial charge is 0.410 e. The Morgan fingerprint density at radius 3 is 2.70 bits per heavy atom. The van der Waals surface area contributed by atoms with Gasteiger partial charge in [0.15, 0.2) is 0 Å². The van der Waals surface area contributed by atoms with E-state index < -0.39 is 5.60 Å². The van der Waals surface area contributed by atoms with Gasteiger partial charge in [-0.2, -0.15) is 0 Å². The molecular weight excluding hydrogens is 258 g/mol. The minimum Gasteiger partial charge on any atom is -0.444 e. The van der Waals surface area contributed by atoms with Crippen LogP contribution in [0.3, 0.4) is 0 Å². The van der Waals surface area contributed by atoms with E-state index in [4.69, 9.17) is 4.74 Å². The number of amides is 2. The van der Waals surface area contributed by atoms with Gasteiger partial charge in [-0.3, -0.25) is 4.79 Å². The van der Waals surface area contributed by atoms with Gasteiger partial charge in [-0.25, -0.2) is 4.79 Å². The molecule has 2 atom stereocenters. The average molecular weight is 283 g/mol. The molecule has 2 aliphatic rings. The van der Waals surface area contributed by atoms with Crippen molar-refractivity contribution in [2.45, 2.75) is 45.3 Å². The van der Waals surface area contributed by atoms with E-state index in [2.05, 4.69) is 10.6 Å². The summed E-state index contributed by atoms with van der Waals surface area (Å²) in [6.07, 6.45) is 0.549. The van der Waals surface area contributed by atoms with Crippen molar-refractivity contribution >= 4 is 12.0 Å². The molecule has 0 aromatic carbocycles. The van der Waals surface area contributed by atoms with Crippen molar-refractivity contribution in [3.8, 4) is 0 Å². The number of nitrogens with one attached hydrogen (secondary N) is 2. The third-order valence-electron chi connectivity index (χ3n) is 3.91. The zero-order chi connectivity index (χ0) is 15.0. The summed E-state index contributed by atoms with van der Waals surface area (Å²) in [5, 5.41) is 6.41. The van der Waals surface area contributed by atoms with Gasteiger partial charge in [0.1, 0.15) is 5.60 Å². The van der Waals surface area contributed by atoms with Crippen molar-refractivity contribution in [2.75, 3.05) is 26.2 Å². The van der Waals surface area contributed by atoms with Crippen LogP contribution < -0.4 is 10.6 Å². The van der Waals surface area contributed by atoms with Crippen LogP contribution in [0.15, 0.2) is 0 Å². The number of hydrogen-bond acceptors (Lipinski definition) is 4. The molecule has 2 aliphatic heterocycles. The highest BCUT2D eigenvalue weighted by molar-refractivity contribution is 5.75. The summed E-state index contributed by atoms with van der Waals surface area (Å²) < 4.78 is 5.43. The lowest BCUT2D eigenvalue weighted by atomic mass is 9.81. The van der Waals surface area contributed by atoms with Crippen LogP contribution in [0.2, 0.25) is 0 Å². The Hall–Kier alpha value is -1.30. The second-order valence-corrected chi connectivity index (χ2v) is 6.85. The van der Waals surface area contributed by atoms with Gasteiger partial charge in [0, 0.05) is 32.5 Å². The second-order valence-electron chi connectivity index (χ2n) is 6.85. The second kappa shape index (κ2) is 5.24. The van der Waals surface area contributed by atoms with E-state index in [0.29, 0.717) is 13.1 Å². The Bertz CT molecular complexity index is 405. The lowest BCUT2D eigenvalue weighted by molar-refractivity contribution is -0.121. The molecule has 0 bridgehead atoms. The molecule has 0 aromatic rings. The van der Waals surface area contributed by atoms with Crippen LogP contribution >= 0.6 is 0 Å². The number of ether oxygens (including phenoxy) is 1. The Labute approximate surface area is 120 Å². The van der Waals surface area contributed by atoms with Crippen molar-refractivity contribution in [1.82, 2.24) is 15.5 Å². The van der Waals surface area contributed by atoms with Crippen molar-refractivity contribution in [3.63, 3.8) is 0 Å². The quantitative estimate of drug-likeness (QED) is 0.744. The molecule has 2 fully saturated rings. The van der Waals surface area contributed by atoms with Crippen LogP contribution in [-0.2, 0) is 9.53 Å². The van der Waals surface area contributed by atoms with E-state index in [1.165, 1.54) is 6.92 Å². The largest absolute Gasteiger partial charge is 0.444 e. The molecular formula is C14H25N3O3. The lowest BCUT2D eigenvalue weighted by Crippen LogP contribution is -2.60. The molecule has 20 heavy (non-hydrogen) atoms. The molecule has 6 nitrogen and oxygen atoms in total. The molecule has 6 heteroatoms. The fraction of sp³-hybridized carbons (Fsp3) is 0.857. The van der Waals surface area contributed by atoms with Gasteiger partial charge in [-0.1, -0.05) is 0 Å². The Kier molecular flexibility index (Phi) is 3.95. The third-order valence-corrected chi connectivity index (χ3v) is 3.91. The number of carbonyl (C=O) groups excluding carboxylic acids is 2. The zero-order valence-electron chi connectivity index (χ0n) is 12.8. The fourth-order valence-electron chi connectivity index (χ4n) is 3.13. The van der Waals surface area contributed by atoms with Crippen LogP contribution in [0.25, 0.3) is 0 Å². The first-order valence-electron chi connectivity index (χ1n) is 7.19. The fourth-order valence-corrected chi connectivity index (χ4v) is 3.13. The first-order valence-corrected chi connectivity index (χ1v) is 7.19. The lowest BCUT2D eigenvalue weighted by Gasteiger charge is -2.39. The highest BCUT2D eigenvalue weighted by Gasteiger charge is 2.50. The summed E-state index contributed by atoms with van der Waals surface area (Å²) in [6, 6.07) is 0. The van der Waals surface area contributed by atoms with Crippen molar-refractivity contribution in [1.29, 1.82) is 0 Å². The first kappa shape index (κ1) is 15.1. The van der Waals surface area contributed by atoms with Crippen LogP contribution in [-0.4, -0.2) is 54.2 Å². The van der Waals surface area contributed by atoms with Gasteiger partial charge in [-0.15, -0.1) is 0 Å². The van der Waals surface area contributed by atoms with E-state index in [-0.39, 0.29) is 23.5 Å². The Balaban J connectivity index is 2.09. The van der Waals surface area contributed by atoms with Gasteiger partial charge < -0.3 is 20.3 Å². The first-order chi connectivity index (χ1) is 9.22. The molecule has 0 aliphatic carbocycles. The molecule has 2 rings (SSSR count). The van der Waals surface area contributed by atoms with E-state index in [9.17, 15) is 9.59 Å². The maximum absolute atomic E-state index is 12.2. The maximum Gasteiger partial charge on any atom is 0.410 e. The number of fused-ring (bicyclic) bond motifs is 1. The summed E-state index contributed by atoms with van der Waals surface area (Å²) in [5.74, 6) is 0.204. The summed E-state index contributed by atoms with van der Waals surface area (Å²) in [6.45, 7) is 9.95. The summed E-state index contributed by atoms with van der Waals surface area (Å²) in [4.78, 5) is 25.4. The number of hydrogen-bond donors (Lipinski definition) is 2. The van der Waals surface area contributed by atoms with Gasteiger partial charge >= 0.3 is 6.09 Å². The highest BCUT2D eigenvalue weighted by atomic mass is 16.6. The van der Waals surface area contributed by atoms with Crippen LogP contribution in [0.1, 0.15) is 34.1 Å². The predicted molar refractivity (Wildman–Crippen MR) is 75.3 cm³/mol. The minimum atomic E-state index is -0.496. The predicted octanol–water partition coefficient (Wildman–Crippen LogP) is 0.721. The average Bonchev–Trinajstić information content (AvgIpc) is 2.64. The molecule has 2 saturated heterocycles. The van der Waals surface area contributed by atoms with E-state index in [0.717, 1.165) is 19.5 Å². The third kappa shape index (κ3) is 3.23. The van der Waals surface area contributed by atoms with Gasteiger partial charge in [-0.05, 0) is 33.7 Å². The molecule has 2 N–H and O–H groups in total. The van der Waals surface area contributed by atoms with Crippen molar-refractivity contribution < 1.29 is 14.3 Å². The summed E-state index contributed by atoms with van der Waals surface area (Å²) in [7, 11) is 0. The molecule has 0 radical (unpaired) electrons. The highest BCUT2D eigenvalue weighted by Crippen LogP contribution is 2.33. The summed E-state index contributed by atoms with van der Waals surface area (Å²) in [5.41, 5.74) is -0.793. The number of nitrogens with zero attached hydrogens (tertiary/aromatic N) is 1. The van der Waals surface area contributed by atoms with Gasteiger partial charge in [0.2, 0.25) is 5.91 Å². The molecule has 2 heterocycles. The number of carbonyl (C=O) groups is 2. The molecule has 0 saturated carbocycles. The van der Waals surface area contributed by atoms with Crippen molar-refractivity contribution in [2.24, 2.45) is 5.92 Å². The Morgan fingerprint density at radius 2 is 2.10 bits per heavy atom. The van der Waals surface area contributed by atoms with Crippen molar-refractivity contribution in [3.05, 3.63) is 0 Å². The number of likely N-dealkylation sites (tertiary alicyclic amines) is 1.